The van der Waals surface area contributed by atoms with Crippen LogP contribution < -0.4 is 10.6 Å². The minimum atomic E-state index is 0.0176. The highest BCUT2D eigenvalue weighted by Crippen LogP contribution is 2.54. The van der Waals surface area contributed by atoms with Crippen molar-refractivity contribution in [3.8, 4) is 0 Å². The van der Waals surface area contributed by atoms with Gasteiger partial charge in [-0.2, -0.15) is 0 Å². The molecule has 0 aliphatic heterocycles. The zero-order chi connectivity index (χ0) is 17.6. The van der Waals surface area contributed by atoms with Crippen LogP contribution >= 0.6 is 0 Å². The van der Waals surface area contributed by atoms with E-state index < -0.39 is 0 Å². The average Bonchev–Trinajstić information content (AvgIpc) is 3.08. The van der Waals surface area contributed by atoms with Crippen LogP contribution in [0.4, 0.5) is 0 Å². The molecule has 1 amide bonds. The first-order valence-corrected chi connectivity index (χ1v) is 9.40. The van der Waals surface area contributed by atoms with E-state index in [9.17, 15) is 4.79 Å². The molecule has 2 N–H and O–H groups in total. The summed E-state index contributed by atoms with van der Waals surface area (Å²) in [5, 5.41) is 6.94. The van der Waals surface area contributed by atoms with Crippen LogP contribution in [0.15, 0.2) is 4.99 Å². The quantitative estimate of drug-likeness (QED) is 0.548. The van der Waals surface area contributed by atoms with Gasteiger partial charge in [0.25, 0.3) is 0 Å². The van der Waals surface area contributed by atoms with E-state index in [0.29, 0.717) is 12.1 Å². The van der Waals surface area contributed by atoms with Crippen LogP contribution in [-0.2, 0) is 9.53 Å². The first-order chi connectivity index (χ1) is 11.5. The standard InChI is InChI=1S/C18H34N4O2/c1-5-11-19-17(20-13-16(23)22(3)4)21-14-12-15(24-6-2)18(14)9-7-8-10-18/h14-15H,5-13H2,1-4H3,(H2,19,20,21). The van der Waals surface area contributed by atoms with Gasteiger partial charge < -0.3 is 20.3 Å². The van der Waals surface area contributed by atoms with E-state index in [1.807, 2.05) is 0 Å². The average molecular weight is 338 g/mol. The SMILES string of the molecule is CCCNC(=NCC(=O)N(C)C)NC1CC(OCC)C12CCCC2. The molecule has 2 saturated carbocycles. The molecule has 2 aliphatic carbocycles. The fraction of sp³-hybridized carbons (Fsp3) is 0.889. The molecule has 0 aromatic rings. The number of ether oxygens (including phenoxy) is 1. The van der Waals surface area contributed by atoms with Crippen molar-refractivity contribution in [2.75, 3.05) is 33.8 Å². The highest BCUT2D eigenvalue weighted by molar-refractivity contribution is 5.85. The summed E-state index contributed by atoms with van der Waals surface area (Å²) in [6.45, 7) is 6.03. The molecule has 0 radical (unpaired) electrons. The van der Waals surface area contributed by atoms with Crippen LogP contribution in [0.25, 0.3) is 0 Å². The lowest BCUT2D eigenvalue weighted by Crippen LogP contribution is -2.65. The van der Waals surface area contributed by atoms with Crippen molar-refractivity contribution in [3.05, 3.63) is 0 Å². The molecule has 24 heavy (non-hydrogen) atoms. The maximum absolute atomic E-state index is 11.8. The van der Waals surface area contributed by atoms with Gasteiger partial charge >= 0.3 is 0 Å². The van der Waals surface area contributed by atoms with E-state index in [1.54, 1.807) is 19.0 Å². The number of hydrogen-bond donors (Lipinski definition) is 2. The van der Waals surface area contributed by atoms with Crippen molar-refractivity contribution in [3.63, 3.8) is 0 Å². The number of carbonyl (C=O) groups excluding carboxylic acids is 1. The Morgan fingerprint density at radius 2 is 2.00 bits per heavy atom. The lowest BCUT2D eigenvalue weighted by molar-refractivity contribution is -0.127. The minimum absolute atomic E-state index is 0.0176. The summed E-state index contributed by atoms with van der Waals surface area (Å²) in [5.41, 5.74) is 0.260. The van der Waals surface area contributed by atoms with Crippen molar-refractivity contribution < 1.29 is 9.53 Å². The molecule has 2 unspecified atom stereocenters. The smallest absolute Gasteiger partial charge is 0.243 e. The van der Waals surface area contributed by atoms with Gasteiger partial charge in [-0.3, -0.25) is 4.79 Å². The van der Waals surface area contributed by atoms with Gasteiger partial charge in [0.1, 0.15) is 6.54 Å². The lowest BCUT2D eigenvalue weighted by atomic mass is 9.60. The second-order valence-electron chi connectivity index (χ2n) is 7.20. The lowest BCUT2D eigenvalue weighted by Gasteiger charge is -2.54. The summed E-state index contributed by atoms with van der Waals surface area (Å²) < 4.78 is 5.98. The van der Waals surface area contributed by atoms with Crippen LogP contribution in [0.5, 0.6) is 0 Å². The van der Waals surface area contributed by atoms with Gasteiger partial charge in [0.2, 0.25) is 5.91 Å². The molecule has 6 nitrogen and oxygen atoms in total. The fourth-order valence-corrected chi connectivity index (χ4v) is 3.94. The second-order valence-corrected chi connectivity index (χ2v) is 7.20. The molecule has 1 spiro atoms. The van der Waals surface area contributed by atoms with Gasteiger partial charge in [-0.05, 0) is 32.6 Å². The Balaban J connectivity index is 2.00. The van der Waals surface area contributed by atoms with Crippen molar-refractivity contribution >= 4 is 11.9 Å². The zero-order valence-corrected chi connectivity index (χ0v) is 15.7. The molecule has 2 atom stereocenters. The van der Waals surface area contributed by atoms with Gasteiger partial charge in [-0.15, -0.1) is 0 Å². The number of nitrogens with one attached hydrogen (secondary N) is 2. The number of likely N-dealkylation sites (N-methyl/N-ethyl adjacent to an activating group) is 1. The Morgan fingerprint density at radius 3 is 2.58 bits per heavy atom. The van der Waals surface area contributed by atoms with Gasteiger partial charge in [0, 0.05) is 38.7 Å². The Morgan fingerprint density at radius 1 is 1.29 bits per heavy atom. The predicted molar refractivity (Wildman–Crippen MR) is 97.1 cm³/mol. The second kappa shape index (κ2) is 8.70. The predicted octanol–water partition coefficient (Wildman–Crippen LogP) is 1.76. The van der Waals surface area contributed by atoms with Crippen molar-refractivity contribution in [2.24, 2.45) is 10.4 Å². The van der Waals surface area contributed by atoms with Crippen LogP contribution in [0.2, 0.25) is 0 Å². The molecule has 6 heteroatoms. The third kappa shape index (κ3) is 4.21. The summed E-state index contributed by atoms with van der Waals surface area (Å²) in [4.78, 5) is 17.9. The summed E-state index contributed by atoms with van der Waals surface area (Å²) in [7, 11) is 3.52. The molecule has 138 valence electrons. The summed E-state index contributed by atoms with van der Waals surface area (Å²) >= 11 is 0. The van der Waals surface area contributed by atoms with Crippen LogP contribution in [0, 0.1) is 5.41 Å². The summed E-state index contributed by atoms with van der Waals surface area (Å²) in [5.74, 6) is 0.780. The van der Waals surface area contributed by atoms with E-state index in [2.05, 4.69) is 29.5 Å². The van der Waals surface area contributed by atoms with E-state index in [1.165, 1.54) is 25.7 Å². The molecule has 0 heterocycles. The largest absolute Gasteiger partial charge is 0.378 e. The Labute approximate surface area is 146 Å². The molecule has 0 bridgehead atoms. The third-order valence-electron chi connectivity index (χ3n) is 5.41. The Kier molecular flexibility index (Phi) is 6.90. The van der Waals surface area contributed by atoms with Crippen molar-refractivity contribution in [2.45, 2.75) is 64.5 Å². The number of guanidine groups is 1. The fourth-order valence-electron chi connectivity index (χ4n) is 3.94. The summed E-state index contributed by atoms with van der Waals surface area (Å²) in [6.07, 6.45) is 7.46. The number of carbonyl (C=O) groups is 1. The van der Waals surface area contributed by atoms with E-state index >= 15 is 0 Å². The van der Waals surface area contributed by atoms with Gasteiger partial charge in [-0.25, -0.2) is 4.99 Å². The molecule has 2 aliphatic rings. The normalized spacial score (nSPS) is 25.4. The van der Waals surface area contributed by atoms with E-state index in [4.69, 9.17) is 4.74 Å². The molecular formula is C18H34N4O2. The zero-order valence-electron chi connectivity index (χ0n) is 15.7. The highest BCUT2D eigenvalue weighted by atomic mass is 16.5. The maximum Gasteiger partial charge on any atom is 0.243 e. The molecule has 0 saturated heterocycles. The van der Waals surface area contributed by atoms with Crippen molar-refractivity contribution in [1.29, 1.82) is 0 Å². The van der Waals surface area contributed by atoms with E-state index in [0.717, 1.165) is 32.0 Å². The Bertz CT molecular complexity index is 444. The summed E-state index contributed by atoms with van der Waals surface area (Å²) in [6, 6.07) is 0.397. The van der Waals surface area contributed by atoms with Crippen LogP contribution in [0.1, 0.15) is 52.4 Å². The molecular weight excluding hydrogens is 304 g/mol. The number of amides is 1. The first kappa shape index (κ1) is 19.0. The molecule has 2 fully saturated rings. The molecule has 0 aromatic heterocycles. The number of rotatable bonds is 7. The molecule has 0 aromatic carbocycles. The monoisotopic (exact) mass is 338 g/mol. The highest BCUT2D eigenvalue weighted by Gasteiger charge is 2.56. The number of nitrogens with zero attached hydrogens (tertiary/aromatic N) is 2. The number of aliphatic imine (C=N–C) groups is 1. The topological polar surface area (TPSA) is 66.0 Å². The van der Waals surface area contributed by atoms with Crippen LogP contribution in [-0.4, -0.2) is 62.7 Å². The molecule has 2 rings (SSSR count). The van der Waals surface area contributed by atoms with Gasteiger partial charge in [0.15, 0.2) is 5.96 Å². The van der Waals surface area contributed by atoms with E-state index in [-0.39, 0.29) is 17.9 Å². The number of hydrogen-bond acceptors (Lipinski definition) is 3. The third-order valence-corrected chi connectivity index (χ3v) is 5.41. The van der Waals surface area contributed by atoms with Crippen LogP contribution in [0.3, 0.4) is 0 Å². The first-order valence-electron chi connectivity index (χ1n) is 9.40. The van der Waals surface area contributed by atoms with Gasteiger partial charge in [-0.1, -0.05) is 19.8 Å². The van der Waals surface area contributed by atoms with Gasteiger partial charge in [0.05, 0.1) is 6.10 Å². The van der Waals surface area contributed by atoms with Crippen molar-refractivity contribution in [1.82, 2.24) is 15.5 Å². The Hall–Kier alpha value is -1.30. The minimum Gasteiger partial charge on any atom is -0.378 e. The maximum atomic E-state index is 11.8.